The highest BCUT2D eigenvalue weighted by Gasteiger charge is 2.48. The van der Waals surface area contributed by atoms with Gasteiger partial charge in [0.2, 0.25) is 0 Å². The van der Waals surface area contributed by atoms with Crippen molar-refractivity contribution in [3.63, 3.8) is 0 Å². The van der Waals surface area contributed by atoms with Crippen molar-refractivity contribution in [3.05, 3.63) is 292 Å². The van der Waals surface area contributed by atoms with Gasteiger partial charge in [-0.05, 0) is 155 Å². The van der Waals surface area contributed by atoms with E-state index in [1.165, 1.54) is 99.9 Å². The third-order valence-corrected chi connectivity index (χ3v) is 21.1. The molecule has 16 aromatic rings. The zero-order valence-electron chi connectivity index (χ0n) is 52.1. The van der Waals surface area contributed by atoms with Gasteiger partial charge in [-0.3, -0.25) is 0 Å². The minimum atomic E-state index is -0.179. The van der Waals surface area contributed by atoms with Gasteiger partial charge in [0.05, 0.1) is 16.9 Å². The highest BCUT2D eigenvalue weighted by Crippen LogP contribution is 2.57. The van der Waals surface area contributed by atoms with Crippen molar-refractivity contribution in [2.45, 2.75) is 52.4 Å². The number of furan rings is 2. The summed E-state index contributed by atoms with van der Waals surface area (Å²) in [5, 5.41) is 8.43. The van der Waals surface area contributed by atoms with Crippen LogP contribution in [0, 0.1) is 13.8 Å². The first-order valence-corrected chi connectivity index (χ1v) is 32.8. The molecule has 12 aromatic carbocycles. The van der Waals surface area contributed by atoms with Crippen molar-refractivity contribution in [2.24, 2.45) is 0 Å². The molecule has 0 saturated carbocycles. The minimum Gasteiger partial charge on any atom is -0.454 e. The molecule has 0 fully saturated rings. The molecule has 0 bridgehead atoms. The Bertz CT molecular complexity index is 5940. The van der Waals surface area contributed by atoms with Crippen molar-refractivity contribution in [2.75, 3.05) is 9.80 Å². The first-order valence-electron chi connectivity index (χ1n) is 32.1. The van der Waals surface area contributed by atoms with Crippen molar-refractivity contribution in [1.29, 1.82) is 0 Å². The predicted octanol–water partition coefficient (Wildman–Crippen LogP) is 21.7. The molecule has 20 rings (SSSR count). The maximum atomic E-state index is 6.84. The molecule has 0 saturated heterocycles. The average molecular weight is 1240 g/mol. The molecule has 6 nitrogen and oxygen atoms in total. The number of aryl methyl sites for hydroxylation is 2. The maximum absolute atomic E-state index is 6.84. The van der Waals surface area contributed by atoms with Crippen LogP contribution in [-0.4, -0.2) is 15.8 Å². The summed E-state index contributed by atoms with van der Waals surface area (Å²) in [6, 6.07) is 89.1. The SMILES string of the molecule is Cc1cc(N(c2cccc(Cl)c2)c2cccc3c2oc2ccccc23)cc(-n2c3c(c4ccccc42)-c2ccccc2C3(C)C)c1.Cc1cc2c3c(c1)-n1c4c(c5cccc(c51)B3c1ccc(Cl)cc1N2c1cccc2c1oc1ccccc12)-c1ccccc1C4(C)C. The summed E-state index contributed by atoms with van der Waals surface area (Å²) in [6.07, 6.45) is 0. The molecule has 0 amide bonds. The summed E-state index contributed by atoms with van der Waals surface area (Å²) in [5.41, 5.74) is 31.4. The van der Waals surface area contributed by atoms with Crippen LogP contribution in [0.3, 0.4) is 0 Å². The van der Waals surface area contributed by atoms with Gasteiger partial charge in [0.15, 0.2) is 11.2 Å². The Morgan fingerprint density at radius 2 is 0.978 bits per heavy atom. The fraction of sp³-hybridized carbons (Fsp3) is 0.0952. The molecule has 0 spiro atoms. The van der Waals surface area contributed by atoms with Crippen LogP contribution in [0.1, 0.15) is 61.3 Å². The number of fused-ring (bicyclic) bond motifs is 20. The number of aromatic nitrogens is 2. The van der Waals surface area contributed by atoms with Gasteiger partial charge < -0.3 is 27.8 Å². The second-order valence-electron chi connectivity index (χ2n) is 26.8. The summed E-state index contributed by atoms with van der Waals surface area (Å²) in [6.45, 7) is 13.9. The molecule has 2 aliphatic heterocycles. The molecule has 0 N–H and O–H groups in total. The van der Waals surface area contributed by atoms with E-state index in [2.05, 4.69) is 267 Å². The summed E-state index contributed by atoms with van der Waals surface area (Å²) in [7, 11) is 0. The Labute approximate surface area is 548 Å². The Morgan fingerprint density at radius 3 is 1.72 bits per heavy atom. The Balaban J connectivity index is 0.000000133. The molecule has 444 valence electrons. The predicted molar refractivity (Wildman–Crippen MR) is 390 cm³/mol. The van der Waals surface area contributed by atoms with Gasteiger partial charge in [-0.15, -0.1) is 0 Å². The number of benzene rings is 12. The molecule has 2 aliphatic carbocycles. The first kappa shape index (κ1) is 54.3. The van der Waals surface area contributed by atoms with Crippen LogP contribution in [0.25, 0.3) is 99.3 Å². The third-order valence-electron chi connectivity index (χ3n) is 20.6. The van der Waals surface area contributed by atoms with Gasteiger partial charge in [0.25, 0.3) is 6.71 Å². The van der Waals surface area contributed by atoms with E-state index < -0.39 is 0 Å². The number of halogens is 2. The van der Waals surface area contributed by atoms with E-state index in [1.54, 1.807) is 0 Å². The Kier molecular flexibility index (Phi) is 11.4. The molecule has 0 unspecified atom stereocenters. The van der Waals surface area contributed by atoms with Crippen LogP contribution in [0.15, 0.2) is 258 Å². The highest BCUT2D eigenvalue weighted by molar-refractivity contribution is 7.00. The van der Waals surface area contributed by atoms with Crippen LogP contribution in [0.2, 0.25) is 10.0 Å². The largest absolute Gasteiger partial charge is 0.454 e. The van der Waals surface area contributed by atoms with E-state index in [-0.39, 0.29) is 17.5 Å². The zero-order chi connectivity index (χ0) is 62.5. The molecule has 0 atom stereocenters. The topological polar surface area (TPSA) is 42.6 Å². The fourth-order valence-electron chi connectivity index (χ4n) is 16.9. The minimum absolute atomic E-state index is 0.0589. The van der Waals surface area contributed by atoms with E-state index >= 15 is 0 Å². The third kappa shape index (κ3) is 7.55. The number of hydrogen-bond acceptors (Lipinski definition) is 4. The van der Waals surface area contributed by atoms with Crippen LogP contribution >= 0.6 is 23.2 Å². The second kappa shape index (κ2) is 19.5. The number of para-hydroxylation sites is 6. The van der Waals surface area contributed by atoms with Gasteiger partial charge in [-0.1, -0.05) is 209 Å². The van der Waals surface area contributed by atoms with Gasteiger partial charge in [0, 0.05) is 115 Å². The van der Waals surface area contributed by atoms with E-state index in [4.69, 9.17) is 32.0 Å². The molecular formula is C84H59BCl2N4O2. The highest BCUT2D eigenvalue weighted by atomic mass is 35.5. The van der Waals surface area contributed by atoms with Gasteiger partial charge in [0.1, 0.15) is 11.2 Å². The smallest absolute Gasteiger partial charge is 0.252 e. The summed E-state index contributed by atoms with van der Waals surface area (Å²) in [4.78, 5) is 4.68. The summed E-state index contributed by atoms with van der Waals surface area (Å²) < 4.78 is 18.3. The molecule has 4 aliphatic rings. The Morgan fingerprint density at radius 1 is 0.409 bits per heavy atom. The van der Waals surface area contributed by atoms with Crippen LogP contribution in [0.5, 0.6) is 0 Å². The lowest BCUT2D eigenvalue weighted by molar-refractivity contribution is 0.623. The molecule has 6 heterocycles. The van der Waals surface area contributed by atoms with Crippen molar-refractivity contribution in [1.82, 2.24) is 9.13 Å². The average Bonchev–Trinajstić information content (AvgIpc) is 1.55. The van der Waals surface area contributed by atoms with Crippen LogP contribution < -0.4 is 26.2 Å². The quantitative estimate of drug-likeness (QED) is 0.161. The lowest BCUT2D eigenvalue weighted by atomic mass is 9.33. The van der Waals surface area contributed by atoms with Gasteiger partial charge >= 0.3 is 0 Å². The number of hydrogen-bond donors (Lipinski definition) is 0. The normalized spacial score (nSPS) is 14.2. The summed E-state index contributed by atoms with van der Waals surface area (Å²) >= 11 is 13.5. The number of rotatable bonds is 5. The zero-order valence-corrected chi connectivity index (χ0v) is 53.6. The van der Waals surface area contributed by atoms with E-state index in [9.17, 15) is 0 Å². The number of nitrogens with zero attached hydrogens (tertiary/aromatic N) is 4. The maximum Gasteiger partial charge on any atom is 0.252 e. The Hall–Kier alpha value is -10.4. The molecule has 4 aromatic heterocycles. The first-order chi connectivity index (χ1) is 45.3. The van der Waals surface area contributed by atoms with Crippen molar-refractivity contribution < 1.29 is 8.83 Å². The number of anilines is 6. The van der Waals surface area contributed by atoms with Gasteiger partial charge in [-0.25, -0.2) is 0 Å². The van der Waals surface area contributed by atoms with Crippen molar-refractivity contribution in [3.8, 4) is 33.6 Å². The molecule has 0 radical (unpaired) electrons. The van der Waals surface area contributed by atoms with E-state index in [1.807, 2.05) is 42.5 Å². The van der Waals surface area contributed by atoms with Crippen LogP contribution in [0.4, 0.5) is 34.1 Å². The monoisotopic (exact) mass is 1240 g/mol. The second-order valence-corrected chi connectivity index (χ2v) is 27.6. The van der Waals surface area contributed by atoms with Crippen LogP contribution in [-0.2, 0) is 10.8 Å². The molecular weight excluding hydrogens is 1180 g/mol. The standard InChI is InChI=1S/C42H28BClN2O.C42H31ClN2O/c1-23-20-34-38-35(21-23)46-39-28(37-27-11-4-6-14-29(27)42(2,3)41(37)46)13-8-15-31(39)43(38)30-19-18-24(44)22-33(30)45(34)32-16-9-12-26-25-10-5-7-17-36(25)47-40(26)32;1-26-22-29(44(28-13-10-12-27(43)24-28)37-20-11-17-32-31-14-6-9-21-38(31)46-40(32)37)25-30(23-26)45-36-19-8-5-16-34(36)39-33-15-4-7-18-35(33)42(2,3)41(39)45/h4-22H,1-3H3;4-25H,1-3H3. The van der Waals surface area contributed by atoms with E-state index in [0.29, 0.717) is 5.02 Å². The molecule has 9 heteroatoms. The van der Waals surface area contributed by atoms with E-state index in [0.717, 1.165) is 88.6 Å². The lowest BCUT2D eigenvalue weighted by Crippen LogP contribution is -2.60. The summed E-state index contributed by atoms with van der Waals surface area (Å²) in [5.74, 6) is 0. The molecule has 93 heavy (non-hydrogen) atoms. The van der Waals surface area contributed by atoms with Gasteiger partial charge in [-0.2, -0.15) is 0 Å². The van der Waals surface area contributed by atoms with Crippen molar-refractivity contribution >= 4 is 146 Å². The lowest BCUT2D eigenvalue weighted by Gasteiger charge is -2.41. The fourth-order valence-corrected chi connectivity index (χ4v) is 17.3.